The summed E-state index contributed by atoms with van der Waals surface area (Å²) in [4.78, 5) is 13.3. The maximum absolute atomic E-state index is 13.6. The fourth-order valence-corrected chi connectivity index (χ4v) is 4.64. The average molecular weight is 466 g/mol. The van der Waals surface area contributed by atoms with Crippen LogP contribution in [0.1, 0.15) is 22.7 Å². The van der Waals surface area contributed by atoms with Gasteiger partial charge in [-0.2, -0.15) is 5.10 Å². The summed E-state index contributed by atoms with van der Waals surface area (Å²) in [5.41, 5.74) is 4.20. The first kappa shape index (κ1) is 21.3. The third kappa shape index (κ3) is 3.78. The van der Waals surface area contributed by atoms with Crippen molar-refractivity contribution in [2.75, 3.05) is 19.5 Å². The van der Waals surface area contributed by atoms with Crippen molar-refractivity contribution in [1.82, 2.24) is 5.01 Å². The van der Waals surface area contributed by atoms with Crippen LogP contribution in [0.2, 0.25) is 5.02 Å². The van der Waals surface area contributed by atoms with E-state index in [1.165, 1.54) is 17.1 Å². The van der Waals surface area contributed by atoms with Crippen LogP contribution in [0, 0.1) is 11.7 Å². The molecule has 1 aliphatic heterocycles. The van der Waals surface area contributed by atoms with E-state index in [-0.39, 0.29) is 17.8 Å². The Labute approximate surface area is 195 Å². The zero-order chi connectivity index (χ0) is 23.1. The number of halogens is 2. The van der Waals surface area contributed by atoms with E-state index in [2.05, 4.69) is 5.32 Å². The molecular formula is C25H21ClFN3O3. The molecule has 1 N–H and O–H groups in total. The molecule has 2 unspecified atom stereocenters. The summed E-state index contributed by atoms with van der Waals surface area (Å²) in [5.74, 6) is 0.826. The van der Waals surface area contributed by atoms with Gasteiger partial charge in [-0.1, -0.05) is 23.7 Å². The smallest absolute Gasteiger partial charge is 0.342 e. The van der Waals surface area contributed by atoms with E-state index in [4.69, 9.17) is 26.2 Å². The highest BCUT2D eigenvalue weighted by Gasteiger charge is 2.46. The predicted octanol–water partition coefficient (Wildman–Crippen LogP) is 5.66. The predicted molar refractivity (Wildman–Crippen MR) is 125 cm³/mol. The number of amides is 2. The Morgan fingerprint density at radius 3 is 2.39 bits per heavy atom. The minimum atomic E-state index is -0.391. The SMILES string of the molecule is COc1cc2c(cc1OC)C1=NN(C(=O)Nc3ccc(Cl)cc3)C(c3ccc(F)cc3)C1C2. The lowest BCUT2D eigenvalue weighted by molar-refractivity contribution is 0.190. The number of carbonyl (C=O) groups is 1. The number of urea groups is 1. The monoisotopic (exact) mass is 465 g/mol. The van der Waals surface area contributed by atoms with E-state index in [0.717, 1.165) is 22.4 Å². The number of anilines is 1. The van der Waals surface area contributed by atoms with Crippen molar-refractivity contribution in [2.24, 2.45) is 11.0 Å². The van der Waals surface area contributed by atoms with Gasteiger partial charge in [-0.3, -0.25) is 0 Å². The van der Waals surface area contributed by atoms with Crippen molar-refractivity contribution < 1.29 is 18.7 Å². The summed E-state index contributed by atoms with van der Waals surface area (Å²) in [6.45, 7) is 0. The molecule has 0 bridgehead atoms. The number of carbonyl (C=O) groups excluding carboxylic acids is 1. The fraction of sp³-hybridized carbons (Fsp3) is 0.200. The first-order valence-electron chi connectivity index (χ1n) is 10.4. The van der Waals surface area contributed by atoms with Gasteiger partial charge in [0.2, 0.25) is 0 Å². The second kappa shape index (κ2) is 8.41. The maximum Gasteiger partial charge on any atom is 0.342 e. The standard InChI is InChI=1S/C25H21ClFN3O3/c1-32-21-12-15-11-20-23(19(15)13-22(21)33-2)29-30(24(20)14-3-7-17(27)8-4-14)25(31)28-18-9-5-16(26)6-10-18/h3-10,12-13,20,24H,11H2,1-2H3,(H,28,31). The van der Waals surface area contributed by atoms with Crippen molar-refractivity contribution in [2.45, 2.75) is 12.5 Å². The van der Waals surface area contributed by atoms with Crippen LogP contribution >= 0.6 is 11.6 Å². The molecule has 168 valence electrons. The lowest BCUT2D eigenvalue weighted by Crippen LogP contribution is -2.34. The molecule has 0 spiro atoms. The summed E-state index contributed by atoms with van der Waals surface area (Å²) in [6.07, 6.45) is 0.668. The number of hydrogen-bond donors (Lipinski definition) is 1. The summed E-state index contributed by atoms with van der Waals surface area (Å²) in [6, 6.07) is 16.1. The van der Waals surface area contributed by atoms with Gasteiger partial charge < -0.3 is 14.8 Å². The van der Waals surface area contributed by atoms with Gasteiger partial charge in [0.1, 0.15) is 5.82 Å². The molecule has 3 aromatic carbocycles. The molecule has 3 aromatic rings. The lowest BCUT2D eigenvalue weighted by atomic mass is 9.90. The van der Waals surface area contributed by atoms with Crippen molar-refractivity contribution >= 4 is 29.0 Å². The van der Waals surface area contributed by atoms with Gasteiger partial charge in [-0.25, -0.2) is 14.2 Å². The maximum atomic E-state index is 13.6. The molecule has 0 saturated carbocycles. The number of benzene rings is 3. The molecule has 0 saturated heterocycles. The second-order valence-corrected chi connectivity index (χ2v) is 8.37. The van der Waals surface area contributed by atoms with Crippen LogP contribution in [-0.2, 0) is 6.42 Å². The lowest BCUT2D eigenvalue weighted by Gasteiger charge is -2.26. The minimum absolute atomic E-state index is 0.0850. The third-order valence-corrected chi connectivity index (χ3v) is 6.30. The highest BCUT2D eigenvalue weighted by molar-refractivity contribution is 6.30. The van der Waals surface area contributed by atoms with Crippen molar-refractivity contribution in [3.05, 3.63) is 88.2 Å². The van der Waals surface area contributed by atoms with Crippen LogP contribution in [0.4, 0.5) is 14.9 Å². The molecule has 2 amide bonds. The molecule has 6 nitrogen and oxygen atoms in total. The van der Waals surface area contributed by atoms with Gasteiger partial charge in [-0.15, -0.1) is 0 Å². The molecule has 0 radical (unpaired) electrons. The van der Waals surface area contributed by atoms with E-state index in [1.54, 1.807) is 50.6 Å². The van der Waals surface area contributed by atoms with E-state index in [0.29, 0.717) is 28.6 Å². The van der Waals surface area contributed by atoms with E-state index in [9.17, 15) is 9.18 Å². The largest absolute Gasteiger partial charge is 0.493 e. The van der Waals surface area contributed by atoms with Crippen LogP contribution in [-0.4, -0.2) is 31.0 Å². The Morgan fingerprint density at radius 2 is 1.73 bits per heavy atom. The van der Waals surface area contributed by atoms with Crippen molar-refractivity contribution in [3.8, 4) is 11.5 Å². The fourth-order valence-electron chi connectivity index (χ4n) is 4.52. The Hall–Kier alpha value is -3.58. The van der Waals surface area contributed by atoms with Crippen molar-refractivity contribution in [1.29, 1.82) is 0 Å². The van der Waals surface area contributed by atoms with Crippen LogP contribution in [0.5, 0.6) is 11.5 Å². The summed E-state index contributed by atoms with van der Waals surface area (Å²) < 4.78 is 24.6. The number of nitrogens with zero attached hydrogens (tertiary/aromatic N) is 2. The van der Waals surface area contributed by atoms with Crippen molar-refractivity contribution in [3.63, 3.8) is 0 Å². The number of methoxy groups -OCH3 is 2. The number of rotatable bonds is 4. The normalized spacial score (nSPS) is 18.4. The van der Waals surface area contributed by atoms with E-state index < -0.39 is 6.04 Å². The molecule has 33 heavy (non-hydrogen) atoms. The second-order valence-electron chi connectivity index (χ2n) is 7.94. The molecule has 5 rings (SSSR count). The van der Waals surface area contributed by atoms with Gasteiger partial charge in [0.05, 0.1) is 26.0 Å². The topological polar surface area (TPSA) is 63.2 Å². The van der Waals surface area contributed by atoms with Crippen LogP contribution in [0.25, 0.3) is 0 Å². The molecule has 2 aliphatic rings. The molecule has 1 aliphatic carbocycles. The average Bonchev–Trinajstić information content (AvgIpc) is 3.36. The van der Waals surface area contributed by atoms with Crippen LogP contribution < -0.4 is 14.8 Å². The number of fused-ring (bicyclic) bond motifs is 3. The van der Waals surface area contributed by atoms with E-state index >= 15 is 0 Å². The molecule has 2 atom stereocenters. The van der Waals surface area contributed by atoms with Gasteiger partial charge >= 0.3 is 6.03 Å². The first-order valence-corrected chi connectivity index (χ1v) is 10.8. The van der Waals surface area contributed by atoms with Crippen LogP contribution in [0.15, 0.2) is 65.8 Å². The third-order valence-electron chi connectivity index (χ3n) is 6.05. The van der Waals surface area contributed by atoms with Gasteiger partial charge in [0, 0.05) is 22.2 Å². The van der Waals surface area contributed by atoms with Gasteiger partial charge in [-0.05, 0) is 66.1 Å². The number of nitrogens with one attached hydrogen (secondary N) is 1. The Morgan fingerprint density at radius 1 is 1.06 bits per heavy atom. The highest BCUT2D eigenvalue weighted by atomic mass is 35.5. The number of ether oxygens (including phenoxy) is 2. The molecule has 0 fully saturated rings. The quantitative estimate of drug-likeness (QED) is 0.540. The Kier molecular flexibility index (Phi) is 5.42. The Balaban J connectivity index is 1.55. The highest BCUT2D eigenvalue weighted by Crippen LogP contribution is 2.47. The molecular weight excluding hydrogens is 445 g/mol. The summed E-state index contributed by atoms with van der Waals surface area (Å²) in [7, 11) is 3.18. The number of hydrazone groups is 1. The van der Waals surface area contributed by atoms with Gasteiger partial charge in [0.25, 0.3) is 0 Å². The molecule has 8 heteroatoms. The zero-order valence-electron chi connectivity index (χ0n) is 18.0. The zero-order valence-corrected chi connectivity index (χ0v) is 18.8. The molecule has 0 aromatic heterocycles. The van der Waals surface area contributed by atoms with Gasteiger partial charge in [0.15, 0.2) is 11.5 Å². The summed E-state index contributed by atoms with van der Waals surface area (Å²) in [5, 5.41) is 9.64. The minimum Gasteiger partial charge on any atom is -0.493 e. The van der Waals surface area contributed by atoms with Crippen LogP contribution in [0.3, 0.4) is 0 Å². The molecule has 1 heterocycles. The first-order chi connectivity index (χ1) is 16.0. The van der Waals surface area contributed by atoms with E-state index in [1.807, 2.05) is 12.1 Å². The summed E-state index contributed by atoms with van der Waals surface area (Å²) >= 11 is 5.96. The Bertz CT molecular complexity index is 1250. The number of hydrogen-bond acceptors (Lipinski definition) is 4.